The Kier molecular flexibility index (Phi) is 6.32. The Morgan fingerprint density at radius 2 is 2.00 bits per heavy atom. The van der Waals surface area contributed by atoms with Crippen molar-refractivity contribution in [2.45, 2.75) is 39.0 Å². The summed E-state index contributed by atoms with van der Waals surface area (Å²) in [5.74, 6) is -0.0615. The van der Waals surface area contributed by atoms with Crippen LogP contribution in [0.3, 0.4) is 0 Å². The van der Waals surface area contributed by atoms with Gasteiger partial charge in [0.15, 0.2) is 0 Å². The number of nitrogens with one attached hydrogen (secondary N) is 1. The fourth-order valence-electron chi connectivity index (χ4n) is 1.88. The lowest BCUT2D eigenvalue weighted by atomic mass is 10.1. The van der Waals surface area contributed by atoms with E-state index < -0.39 is 0 Å². The van der Waals surface area contributed by atoms with E-state index in [1.807, 2.05) is 24.3 Å². The highest BCUT2D eigenvalue weighted by Crippen LogP contribution is 2.18. The summed E-state index contributed by atoms with van der Waals surface area (Å²) in [6, 6.07) is 7.72. The molecule has 0 aliphatic rings. The lowest BCUT2D eigenvalue weighted by Crippen LogP contribution is -2.14. The summed E-state index contributed by atoms with van der Waals surface area (Å²) in [7, 11) is 0. The van der Waals surface area contributed by atoms with Crippen molar-refractivity contribution in [2.24, 2.45) is 0 Å². The lowest BCUT2D eigenvalue weighted by Gasteiger charge is -2.01. The lowest BCUT2D eigenvalue weighted by molar-refractivity contribution is -0.115. The van der Waals surface area contributed by atoms with Gasteiger partial charge in [-0.05, 0) is 24.1 Å². The molecule has 2 rings (SSSR count). The predicted octanol–water partition coefficient (Wildman–Crippen LogP) is 4.21. The molecule has 4 nitrogen and oxygen atoms in total. The topological polar surface area (TPSA) is 54.9 Å². The van der Waals surface area contributed by atoms with Gasteiger partial charge in [-0.3, -0.25) is 4.79 Å². The molecule has 1 heterocycles. The van der Waals surface area contributed by atoms with Crippen LogP contribution in [0.1, 0.15) is 36.8 Å². The number of hydrogen-bond acceptors (Lipinski definition) is 4. The normalized spacial score (nSPS) is 10.6. The third-order valence-corrected chi connectivity index (χ3v) is 4.41. The molecule has 0 bridgehead atoms. The number of carbonyl (C=O) groups excluding carboxylic acids is 1. The fraction of sp³-hybridized carbons (Fsp3) is 0.400. The summed E-state index contributed by atoms with van der Waals surface area (Å²) in [6.07, 6.45) is 4.80. The Morgan fingerprint density at radius 3 is 2.71 bits per heavy atom. The van der Waals surface area contributed by atoms with Crippen LogP contribution in [0.2, 0.25) is 0 Å². The van der Waals surface area contributed by atoms with E-state index in [4.69, 9.17) is 0 Å². The minimum atomic E-state index is -0.0615. The average Bonchev–Trinajstić information content (AvgIpc) is 2.89. The van der Waals surface area contributed by atoms with Gasteiger partial charge in [0, 0.05) is 10.9 Å². The quantitative estimate of drug-likeness (QED) is 0.745. The third-order valence-electron chi connectivity index (χ3n) is 2.99. The second-order valence-electron chi connectivity index (χ2n) is 4.81. The zero-order chi connectivity index (χ0) is 15.1. The molecule has 0 aliphatic carbocycles. The highest BCUT2D eigenvalue weighted by atomic mass is 79.9. The number of benzene rings is 1. The Hall–Kier alpha value is -1.27. The van der Waals surface area contributed by atoms with Crippen LogP contribution in [0.15, 0.2) is 28.7 Å². The first-order chi connectivity index (χ1) is 10.2. The minimum Gasteiger partial charge on any atom is -0.300 e. The highest BCUT2D eigenvalue weighted by molar-refractivity contribution is 9.10. The summed E-state index contributed by atoms with van der Waals surface area (Å²) in [5, 5.41) is 12.5. The maximum absolute atomic E-state index is 12.0. The van der Waals surface area contributed by atoms with Crippen LogP contribution in [-0.2, 0) is 17.6 Å². The fourth-order valence-corrected chi connectivity index (χ4v) is 2.94. The van der Waals surface area contributed by atoms with Crippen LogP contribution in [0, 0.1) is 0 Å². The molecule has 0 fully saturated rings. The molecular weight excluding hydrogens is 350 g/mol. The molecule has 0 spiro atoms. The molecule has 0 unspecified atom stereocenters. The number of aromatic nitrogens is 2. The standard InChI is InChI=1S/C15H18BrN3OS/c1-2-3-4-5-14-18-19-15(21-14)17-13(20)10-11-6-8-12(16)9-7-11/h6-9H,2-5,10H2,1H3,(H,17,19,20). The molecule has 1 N–H and O–H groups in total. The molecule has 6 heteroatoms. The average molecular weight is 368 g/mol. The van der Waals surface area contributed by atoms with Gasteiger partial charge in [-0.1, -0.05) is 59.2 Å². The summed E-state index contributed by atoms with van der Waals surface area (Å²) >= 11 is 4.84. The van der Waals surface area contributed by atoms with Gasteiger partial charge in [0.05, 0.1) is 6.42 Å². The van der Waals surface area contributed by atoms with Crippen LogP contribution >= 0.6 is 27.3 Å². The van der Waals surface area contributed by atoms with Crippen molar-refractivity contribution in [3.05, 3.63) is 39.3 Å². The second kappa shape index (κ2) is 8.24. The number of carbonyl (C=O) groups is 1. The summed E-state index contributed by atoms with van der Waals surface area (Å²) in [4.78, 5) is 12.0. The van der Waals surface area contributed by atoms with E-state index in [1.165, 1.54) is 24.2 Å². The van der Waals surface area contributed by atoms with Gasteiger partial charge in [0.2, 0.25) is 11.0 Å². The Labute approximate surface area is 137 Å². The van der Waals surface area contributed by atoms with Crippen LogP contribution < -0.4 is 5.32 Å². The largest absolute Gasteiger partial charge is 0.300 e. The molecule has 1 aromatic heterocycles. The van der Waals surface area contributed by atoms with Gasteiger partial charge in [0.25, 0.3) is 0 Å². The van der Waals surface area contributed by atoms with Gasteiger partial charge in [-0.2, -0.15) is 0 Å². The Morgan fingerprint density at radius 1 is 1.24 bits per heavy atom. The van der Waals surface area contributed by atoms with Crippen molar-refractivity contribution < 1.29 is 4.79 Å². The van der Waals surface area contributed by atoms with E-state index in [9.17, 15) is 4.79 Å². The molecule has 1 aromatic carbocycles. The van der Waals surface area contributed by atoms with Gasteiger partial charge in [-0.15, -0.1) is 10.2 Å². The van der Waals surface area contributed by atoms with Crippen LogP contribution in [0.25, 0.3) is 0 Å². The number of halogens is 1. The second-order valence-corrected chi connectivity index (χ2v) is 6.79. The number of nitrogens with zero attached hydrogens (tertiary/aromatic N) is 2. The molecule has 0 saturated heterocycles. The van der Waals surface area contributed by atoms with Crippen LogP contribution in [-0.4, -0.2) is 16.1 Å². The maximum Gasteiger partial charge on any atom is 0.230 e. The van der Waals surface area contributed by atoms with Crippen molar-refractivity contribution >= 4 is 38.3 Å². The molecule has 2 aromatic rings. The van der Waals surface area contributed by atoms with E-state index in [2.05, 4.69) is 38.4 Å². The zero-order valence-electron chi connectivity index (χ0n) is 11.9. The Bertz CT molecular complexity index is 583. The third kappa shape index (κ3) is 5.55. The number of anilines is 1. The monoisotopic (exact) mass is 367 g/mol. The minimum absolute atomic E-state index is 0.0615. The van der Waals surface area contributed by atoms with Gasteiger partial charge >= 0.3 is 0 Å². The summed E-state index contributed by atoms with van der Waals surface area (Å²) < 4.78 is 1.01. The van der Waals surface area contributed by atoms with Gasteiger partial charge < -0.3 is 5.32 Å². The number of unbranched alkanes of at least 4 members (excludes halogenated alkanes) is 2. The summed E-state index contributed by atoms with van der Waals surface area (Å²) in [6.45, 7) is 2.17. The van der Waals surface area contributed by atoms with E-state index in [0.717, 1.165) is 27.9 Å². The maximum atomic E-state index is 12.0. The number of hydrogen-bond donors (Lipinski definition) is 1. The summed E-state index contributed by atoms with van der Waals surface area (Å²) in [5.41, 5.74) is 0.975. The van der Waals surface area contributed by atoms with Crippen molar-refractivity contribution in [3.63, 3.8) is 0 Å². The van der Waals surface area contributed by atoms with Crippen molar-refractivity contribution in [2.75, 3.05) is 5.32 Å². The van der Waals surface area contributed by atoms with Gasteiger partial charge in [0.1, 0.15) is 5.01 Å². The van der Waals surface area contributed by atoms with Gasteiger partial charge in [-0.25, -0.2) is 0 Å². The van der Waals surface area contributed by atoms with E-state index in [-0.39, 0.29) is 5.91 Å². The SMILES string of the molecule is CCCCCc1nnc(NC(=O)Cc2ccc(Br)cc2)s1. The van der Waals surface area contributed by atoms with Crippen molar-refractivity contribution in [1.82, 2.24) is 10.2 Å². The molecule has 0 radical (unpaired) electrons. The number of rotatable bonds is 7. The van der Waals surface area contributed by atoms with E-state index in [1.54, 1.807) is 0 Å². The molecule has 21 heavy (non-hydrogen) atoms. The zero-order valence-corrected chi connectivity index (χ0v) is 14.3. The first-order valence-corrected chi connectivity index (χ1v) is 8.65. The Balaban J connectivity index is 1.83. The molecule has 1 amide bonds. The van der Waals surface area contributed by atoms with E-state index >= 15 is 0 Å². The molecule has 112 valence electrons. The number of aryl methyl sites for hydroxylation is 1. The predicted molar refractivity (Wildman–Crippen MR) is 89.6 cm³/mol. The smallest absolute Gasteiger partial charge is 0.230 e. The van der Waals surface area contributed by atoms with Crippen molar-refractivity contribution in [1.29, 1.82) is 0 Å². The van der Waals surface area contributed by atoms with Crippen LogP contribution in [0.5, 0.6) is 0 Å². The van der Waals surface area contributed by atoms with Crippen molar-refractivity contribution in [3.8, 4) is 0 Å². The van der Waals surface area contributed by atoms with Crippen LogP contribution in [0.4, 0.5) is 5.13 Å². The first-order valence-electron chi connectivity index (χ1n) is 7.04. The molecular formula is C15H18BrN3OS. The molecule has 0 aliphatic heterocycles. The first kappa shape index (κ1) is 16.1. The number of amides is 1. The molecule has 0 atom stereocenters. The molecule has 0 saturated carbocycles. The highest BCUT2D eigenvalue weighted by Gasteiger charge is 2.08. The van der Waals surface area contributed by atoms with E-state index in [0.29, 0.717) is 11.6 Å².